The molecule has 0 spiro atoms. The van der Waals surface area contributed by atoms with Gasteiger partial charge in [0.25, 0.3) is 5.91 Å². The van der Waals surface area contributed by atoms with Crippen LogP contribution in [0.5, 0.6) is 11.5 Å². The summed E-state index contributed by atoms with van der Waals surface area (Å²) in [5, 5.41) is 0. The lowest BCUT2D eigenvalue weighted by molar-refractivity contribution is 0.0742. The third kappa shape index (κ3) is 3.80. The zero-order valence-electron chi connectivity index (χ0n) is 13.7. The topological polar surface area (TPSA) is 38.8 Å². The summed E-state index contributed by atoms with van der Waals surface area (Å²) >= 11 is 0. The van der Waals surface area contributed by atoms with E-state index in [9.17, 15) is 9.18 Å². The molecule has 0 aromatic heterocycles. The number of amides is 1. The number of halogens is 1. The average molecular weight is 317 g/mol. The quantitative estimate of drug-likeness (QED) is 0.844. The Morgan fingerprint density at radius 3 is 2.04 bits per heavy atom. The standard InChI is InChI=1S/C18H20FNO3/c1-12(13-5-7-15(19)8-6-13)20(2)18(21)14-9-16(22-3)11-17(10-14)23-4/h5-12H,1-4H3. The van der Waals surface area contributed by atoms with Gasteiger partial charge in [-0.2, -0.15) is 0 Å². The Labute approximate surface area is 135 Å². The molecule has 2 aromatic rings. The van der Waals surface area contributed by atoms with Crippen LogP contribution in [-0.4, -0.2) is 32.1 Å². The number of ether oxygens (including phenoxy) is 2. The molecule has 0 saturated carbocycles. The summed E-state index contributed by atoms with van der Waals surface area (Å²) in [7, 11) is 4.78. The minimum atomic E-state index is -0.299. The third-order valence-electron chi connectivity index (χ3n) is 3.85. The molecule has 0 radical (unpaired) electrons. The van der Waals surface area contributed by atoms with E-state index in [1.807, 2.05) is 6.92 Å². The van der Waals surface area contributed by atoms with E-state index in [0.717, 1.165) is 5.56 Å². The number of hydrogen-bond acceptors (Lipinski definition) is 3. The first-order valence-corrected chi connectivity index (χ1v) is 7.22. The second-order valence-electron chi connectivity index (χ2n) is 5.24. The highest BCUT2D eigenvalue weighted by atomic mass is 19.1. The van der Waals surface area contributed by atoms with Crippen LogP contribution in [0.15, 0.2) is 42.5 Å². The summed E-state index contributed by atoms with van der Waals surface area (Å²) in [6.07, 6.45) is 0. The van der Waals surface area contributed by atoms with Gasteiger partial charge in [0.1, 0.15) is 17.3 Å². The van der Waals surface area contributed by atoms with Crippen molar-refractivity contribution in [1.82, 2.24) is 4.90 Å². The summed E-state index contributed by atoms with van der Waals surface area (Å²) in [5.41, 5.74) is 1.33. The highest BCUT2D eigenvalue weighted by Crippen LogP contribution is 2.26. The molecule has 1 amide bonds. The maximum absolute atomic E-state index is 13.0. The van der Waals surface area contributed by atoms with Crippen molar-refractivity contribution < 1.29 is 18.7 Å². The van der Waals surface area contributed by atoms with Gasteiger partial charge in [0.05, 0.1) is 20.3 Å². The Hall–Kier alpha value is -2.56. The molecule has 122 valence electrons. The van der Waals surface area contributed by atoms with Gasteiger partial charge in [-0.1, -0.05) is 12.1 Å². The summed E-state index contributed by atoms with van der Waals surface area (Å²) in [4.78, 5) is 14.3. The smallest absolute Gasteiger partial charge is 0.254 e. The molecule has 1 unspecified atom stereocenters. The van der Waals surface area contributed by atoms with Crippen molar-refractivity contribution in [2.24, 2.45) is 0 Å². The summed E-state index contributed by atoms with van der Waals surface area (Å²) in [6, 6.07) is 11.0. The van der Waals surface area contributed by atoms with Crippen LogP contribution in [0.4, 0.5) is 4.39 Å². The van der Waals surface area contributed by atoms with Crippen molar-refractivity contribution in [2.45, 2.75) is 13.0 Å². The van der Waals surface area contributed by atoms with E-state index in [-0.39, 0.29) is 17.8 Å². The zero-order chi connectivity index (χ0) is 17.0. The number of hydrogen-bond donors (Lipinski definition) is 0. The van der Waals surface area contributed by atoms with Crippen molar-refractivity contribution in [1.29, 1.82) is 0 Å². The molecular weight excluding hydrogens is 297 g/mol. The van der Waals surface area contributed by atoms with Crippen molar-refractivity contribution >= 4 is 5.91 Å². The highest BCUT2D eigenvalue weighted by Gasteiger charge is 2.20. The highest BCUT2D eigenvalue weighted by molar-refractivity contribution is 5.95. The third-order valence-corrected chi connectivity index (χ3v) is 3.85. The number of nitrogens with zero attached hydrogens (tertiary/aromatic N) is 1. The van der Waals surface area contributed by atoms with E-state index in [1.165, 1.54) is 26.4 Å². The normalized spacial score (nSPS) is 11.7. The van der Waals surface area contributed by atoms with Gasteiger partial charge >= 0.3 is 0 Å². The van der Waals surface area contributed by atoms with E-state index < -0.39 is 0 Å². The maximum Gasteiger partial charge on any atom is 0.254 e. The molecule has 4 nitrogen and oxygen atoms in total. The predicted molar refractivity (Wildman–Crippen MR) is 86.5 cm³/mol. The van der Waals surface area contributed by atoms with Gasteiger partial charge in [0.2, 0.25) is 0 Å². The molecule has 0 aliphatic rings. The van der Waals surface area contributed by atoms with Crippen LogP contribution in [0.2, 0.25) is 0 Å². The van der Waals surface area contributed by atoms with Gasteiger partial charge in [0, 0.05) is 18.7 Å². The van der Waals surface area contributed by atoms with Gasteiger partial charge in [-0.05, 0) is 36.8 Å². The minimum absolute atomic E-state index is 0.168. The molecule has 0 heterocycles. The molecule has 1 atom stereocenters. The second-order valence-corrected chi connectivity index (χ2v) is 5.24. The Kier molecular flexibility index (Phi) is 5.21. The second kappa shape index (κ2) is 7.13. The van der Waals surface area contributed by atoms with E-state index in [0.29, 0.717) is 17.1 Å². The fourth-order valence-electron chi connectivity index (χ4n) is 2.28. The Morgan fingerprint density at radius 1 is 1.04 bits per heavy atom. The van der Waals surface area contributed by atoms with Crippen LogP contribution < -0.4 is 9.47 Å². The molecule has 5 heteroatoms. The van der Waals surface area contributed by atoms with E-state index in [4.69, 9.17) is 9.47 Å². The van der Waals surface area contributed by atoms with Crippen LogP contribution >= 0.6 is 0 Å². The number of carbonyl (C=O) groups excluding carboxylic acids is 1. The van der Waals surface area contributed by atoms with Crippen molar-refractivity contribution in [3.05, 3.63) is 59.4 Å². The van der Waals surface area contributed by atoms with Gasteiger partial charge in [-0.3, -0.25) is 4.79 Å². The summed E-state index contributed by atoms with van der Waals surface area (Å²) in [6.45, 7) is 1.89. The first-order chi connectivity index (χ1) is 11.0. The number of benzene rings is 2. The maximum atomic E-state index is 13.0. The number of methoxy groups -OCH3 is 2. The summed E-state index contributed by atoms with van der Waals surface area (Å²) in [5.74, 6) is 0.637. The molecule has 0 N–H and O–H groups in total. The summed E-state index contributed by atoms with van der Waals surface area (Å²) < 4.78 is 23.4. The van der Waals surface area contributed by atoms with Crippen LogP contribution in [0.1, 0.15) is 28.9 Å². The average Bonchev–Trinajstić information content (AvgIpc) is 2.59. The van der Waals surface area contributed by atoms with E-state index in [1.54, 1.807) is 42.3 Å². The fourth-order valence-corrected chi connectivity index (χ4v) is 2.28. The van der Waals surface area contributed by atoms with Crippen molar-refractivity contribution in [2.75, 3.05) is 21.3 Å². The molecule has 2 rings (SSSR count). The van der Waals surface area contributed by atoms with Gasteiger partial charge in [-0.15, -0.1) is 0 Å². The zero-order valence-corrected chi connectivity index (χ0v) is 13.7. The fraction of sp³-hybridized carbons (Fsp3) is 0.278. The molecule has 0 saturated heterocycles. The molecule has 2 aromatic carbocycles. The van der Waals surface area contributed by atoms with Crippen LogP contribution in [-0.2, 0) is 0 Å². The minimum Gasteiger partial charge on any atom is -0.497 e. The molecule has 0 aliphatic carbocycles. The first-order valence-electron chi connectivity index (χ1n) is 7.22. The number of rotatable bonds is 5. The van der Waals surface area contributed by atoms with Crippen LogP contribution in [0, 0.1) is 5.82 Å². The molecular formula is C18H20FNO3. The van der Waals surface area contributed by atoms with Gasteiger partial charge in [0.15, 0.2) is 0 Å². The van der Waals surface area contributed by atoms with E-state index in [2.05, 4.69) is 0 Å². The lowest BCUT2D eigenvalue weighted by Gasteiger charge is -2.25. The molecule has 0 fully saturated rings. The number of carbonyl (C=O) groups is 1. The van der Waals surface area contributed by atoms with Crippen LogP contribution in [0.3, 0.4) is 0 Å². The Balaban J connectivity index is 2.26. The predicted octanol–water partition coefficient (Wildman–Crippen LogP) is 3.68. The Morgan fingerprint density at radius 2 is 1.57 bits per heavy atom. The van der Waals surface area contributed by atoms with Crippen LogP contribution in [0.25, 0.3) is 0 Å². The monoisotopic (exact) mass is 317 g/mol. The van der Waals surface area contributed by atoms with Crippen molar-refractivity contribution in [3.63, 3.8) is 0 Å². The molecule has 0 aliphatic heterocycles. The molecule has 0 bridgehead atoms. The molecule has 23 heavy (non-hydrogen) atoms. The van der Waals surface area contributed by atoms with E-state index >= 15 is 0 Å². The van der Waals surface area contributed by atoms with Gasteiger partial charge < -0.3 is 14.4 Å². The largest absolute Gasteiger partial charge is 0.497 e. The first kappa shape index (κ1) is 16.8. The SMILES string of the molecule is COc1cc(OC)cc(C(=O)N(C)C(C)c2ccc(F)cc2)c1. The lowest BCUT2D eigenvalue weighted by Crippen LogP contribution is -2.29. The Bertz CT molecular complexity index is 663. The van der Waals surface area contributed by atoms with Gasteiger partial charge in [-0.25, -0.2) is 4.39 Å². The lowest BCUT2D eigenvalue weighted by atomic mass is 10.1. The van der Waals surface area contributed by atoms with Crippen molar-refractivity contribution in [3.8, 4) is 11.5 Å².